The summed E-state index contributed by atoms with van der Waals surface area (Å²) in [5.41, 5.74) is 0.260. The van der Waals surface area contributed by atoms with Crippen LogP contribution in [0.1, 0.15) is 43.5 Å². The van der Waals surface area contributed by atoms with Crippen molar-refractivity contribution in [1.82, 2.24) is 20.9 Å². The molecule has 2 heterocycles. The van der Waals surface area contributed by atoms with Crippen molar-refractivity contribution in [3.05, 3.63) is 35.6 Å². The molecule has 0 bridgehead atoms. The molecule has 152 valence electrons. The number of hydrogen-bond acceptors (Lipinski definition) is 4. The first-order valence-corrected chi connectivity index (χ1v) is 9.72. The van der Waals surface area contributed by atoms with E-state index in [9.17, 15) is 18.8 Å². The normalized spacial score (nSPS) is 24.6. The first-order valence-electron chi connectivity index (χ1n) is 9.72. The lowest BCUT2D eigenvalue weighted by Gasteiger charge is -2.37. The van der Waals surface area contributed by atoms with Crippen LogP contribution in [-0.4, -0.2) is 59.9 Å². The average Bonchev–Trinajstić information content (AvgIpc) is 3.05. The van der Waals surface area contributed by atoms with Gasteiger partial charge in [-0.05, 0) is 44.9 Å². The van der Waals surface area contributed by atoms with Gasteiger partial charge in [-0.25, -0.2) is 4.39 Å². The second kappa shape index (κ2) is 8.68. The highest BCUT2D eigenvalue weighted by molar-refractivity contribution is 5.94. The fourth-order valence-corrected chi connectivity index (χ4v) is 3.94. The van der Waals surface area contributed by atoms with Gasteiger partial charge in [-0.2, -0.15) is 0 Å². The second-order valence-electron chi connectivity index (χ2n) is 7.79. The standard InChI is InChI=1S/C20H27FN4O3/c1-12(2)23-18(26)7-6-16-10-22-20(28)17-9-15(11-25(16)17)24-19(27)13-4-3-5-14(21)8-13/h3-5,8,12,15-17H,6-7,9-11H2,1-2H3,(H,22,28)(H,23,26)(H,24,27)/t15-,16+,17-/m0/s1. The Bertz CT molecular complexity index is 755. The van der Waals surface area contributed by atoms with Crippen LogP contribution in [0.2, 0.25) is 0 Å². The first-order chi connectivity index (χ1) is 13.3. The lowest BCUT2D eigenvalue weighted by atomic mass is 10.0. The van der Waals surface area contributed by atoms with Crippen LogP contribution < -0.4 is 16.0 Å². The lowest BCUT2D eigenvalue weighted by molar-refractivity contribution is -0.129. The average molecular weight is 390 g/mol. The highest BCUT2D eigenvalue weighted by Crippen LogP contribution is 2.26. The molecular weight excluding hydrogens is 363 g/mol. The van der Waals surface area contributed by atoms with Crippen LogP contribution in [0.15, 0.2) is 24.3 Å². The number of nitrogens with zero attached hydrogens (tertiary/aromatic N) is 1. The molecule has 1 aromatic carbocycles. The largest absolute Gasteiger partial charge is 0.354 e. The molecule has 3 amide bonds. The van der Waals surface area contributed by atoms with Gasteiger partial charge >= 0.3 is 0 Å². The molecule has 0 saturated carbocycles. The van der Waals surface area contributed by atoms with Gasteiger partial charge in [-0.1, -0.05) is 6.07 Å². The van der Waals surface area contributed by atoms with Crippen LogP contribution in [0, 0.1) is 5.82 Å². The number of halogens is 1. The maximum absolute atomic E-state index is 13.3. The third kappa shape index (κ3) is 4.86. The highest BCUT2D eigenvalue weighted by atomic mass is 19.1. The molecule has 8 heteroatoms. The number of benzene rings is 1. The number of amides is 3. The quantitative estimate of drug-likeness (QED) is 0.670. The molecule has 2 fully saturated rings. The van der Waals surface area contributed by atoms with Gasteiger partial charge in [0.1, 0.15) is 5.82 Å². The van der Waals surface area contributed by atoms with E-state index >= 15 is 0 Å². The number of fused-ring (bicyclic) bond motifs is 1. The number of nitrogens with one attached hydrogen (secondary N) is 3. The Morgan fingerprint density at radius 3 is 2.86 bits per heavy atom. The van der Waals surface area contributed by atoms with Gasteiger partial charge in [0.05, 0.1) is 6.04 Å². The number of carbonyl (C=O) groups is 3. The molecule has 3 atom stereocenters. The summed E-state index contributed by atoms with van der Waals surface area (Å²) >= 11 is 0. The SMILES string of the molecule is CC(C)NC(=O)CC[C@@H]1CNC(=O)[C@@H]2C[C@H](NC(=O)c3cccc(F)c3)CN12. The maximum Gasteiger partial charge on any atom is 0.251 e. The van der Waals surface area contributed by atoms with E-state index in [4.69, 9.17) is 0 Å². The fourth-order valence-electron chi connectivity index (χ4n) is 3.94. The molecule has 1 aromatic rings. The molecule has 7 nitrogen and oxygen atoms in total. The summed E-state index contributed by atoms with van der Waals surface area (Å²) in [7, 11) is 0. The van der Waals surface area contributed by atoms with Gasteiger partial charge in [0.25, 0.3) is 5.91 Å². The summed E-state index contributed by atoms with van der Waals surface area (Å²) in [6, 6.07) is 5.17. The van der Waals surface area contributed by atoms with Crippen LogP contribution in [0.5, 0.6) is 0 Å². The van der Waals surface area contributed by atoms with Gasteiger partial charge in [0, 0.05) is 43.2 Å². The van der Waals surface area contributed by atoms with Crippen LogP contribution in [0.4, 0.5) is 4.39 Å². The van der Waals surface area contributed by atoms with Gasteiger partial charge in [-0.3, -0.25) is 19.3 Å². The zero-order chi connectivity index (χ0) is 20.3. The zero-order valence-electron chi connectivity index (χ0n) is 16.2. The molecule has 0 radical (unpaired) electrons. The molecule has 2 saturated heterocycles. The van der Waals surface area contributed by atoms with Crippen molar-refractivity contribution in [3.8, 4) is 0 Å². The van der Waals surface area contributed by atoms with Crippen molar-refractivity contribution in [2.24, 2.45) is 0 Å². The molecule has 3 N–H and O–H groups in total. The van der Waals surface area contributed by atoms with Crippen molar-refractivity contribution in [3.63, 3.8) is 0 Å². The van der Waals surface area contributed by atoms with Crippen molar-refractivity contribution in [2.45, 2.75) is 57.3 Å². The fraction of sp³-hybridized carbons (Fsp3) is 0.550. The van der Waals surface area contributed by atoms with Crippen molar-refractivity contribution in [2.75, 3.05) is 13.1 Å². The lowest BCUT2D eigenvalue weighted by Crippen LogP contribution is -2.58. The van der Waals surface area contributed by atoms with E-state index in [0.29, 0.717) is 32.4 Å². The molecule has 2 aliphatic heterocycles. The molecule has 0 spiro atoms. The van der Waals surface area contributed by atoms with E-state index in [0.717, 1.165) is 0 Å². The zero-order valence-corrected chi connectivity index (χ0v) is 16.2. The Hall–Kier alpha value is -2.48. The number of piperazine rings is 1. The van der Waals surface area contributed by atoms with Gasteiger partial charge < -0.3 is 16.0 Å². The minimum atomic E-state index is -0.462. The van der Waals surface area contributed by atoms with Crippen LogP contribution in [0.3, 0.4) is 0 Å². The molecule has 28 heavy (non-hydrogen) atoms. The number of hydrogen-bond donors (Lipinski definition) is 3. The van der Waals surface area contributed by atoms with E-state index in [2.05, 4.69) is 20.9 Å². The summed E-state index contributed by atoms with van der Waals surface area (Å²) < 4.78 is 13.3. The topological polar surface area (TPSA) is 90.5 Å². The Labute approximate surface area is 164 Å². The Balaban J connectivity index is 1.59. The Morgan fingerprint density at radius 2 is 2.14 bits per heavy atom. The van der Waals surface area contributed by atoms with Gasteiger partial charge in [0.2, 0.25) is 11.8 Å². The predicted molar refractivity (Wildman–Crippen MR) is 102 cm³/mol. The molecule has 0 aromatic heterocycles. The van der Waals surface area contributed by atoms with Gasteiger partial charge in [0.15, 0.2) is 0 Å². The second-order valence-corrected chi connectivity index (χ2v) is 7.79. The summed E-state index contributed by atoms with van der Waals surface area (Å²) in [5, 5.41) is 8.69. The third-order valence-corrected chi connectivity index (χ3v) is 5.20. The van der Waals surface area contributed by atoms with E-state index in [1.807, 2.05) is 13.8 Å². The third-order valence-electron chi connectivity index (χ3n) is 5.20. The van der Waals surface area contributed by atoms with Gasteiger partial charge in [-0.15, -0.1) is 0 Å². The molecule has 3 rings (SSSR count). The monoisotopic (exact) mass is 390 g/mol. The van der Waals surface area contributed by atoms with E-state index in [-0.39, 0.29) is 47.5 Å². The van der Waals surface area contributed by atoms with E-state index in [1.165, 1.54) is 18.2 Å². The van der Waals surface area contributed by atoms with Crippen LogP contribution in [0.25, 0.3) is 0 Å². The summed E-state index contributed by atoms with van der Waals surface area (Å²) in [5.74, 6) is -0.864. The molecular formula is C20H27FN4O3. The summed E-state index contributed by atoms with van der Waals surface area (Å²) in [4.78, 5) is 38.7. The highest BCUT2D eigenvalue weighted by Gasteiger charge is 2.43. The summed E-state index contributed by atoms with van der Waals surface area (Å²) in [6.45, 7) is 4.87. The molecule has 0 unspecified atom stereocenters. The minimum absolute atomic E-state index is 0.00129. The number of carbonyl (C=O) groups excluding carboxylic acids is 3. The van der Waals surface area contributed by atoms with Crippen molar-refractivity contribution in [1.29, 1.82) is 0 Å². The van der Waals surface area contributed by atoms with Crippen molar-refractivity contribution < 1.29 is 18.8 Å². The summed E-state index contributed by atoms with van der Waals surface area (Å²) in [6.07, 6.45) is 1.53. The van der Waals surface area contributed by atoms with E-state index < -0.39 is 5.82 Å². The predicted octanol–water partition coefficient (Wildman–Crippen LogP) is 0.802. The Morgan fingerprint density at radius 1 is 1.36 bits per heavy atom. The van der Waals surface area contributed by atoms with Crippen molar-refractivity contribution >= 4 is 17.7 Å². The smallest absolute Gasteiger partial charge is 0.251 e. The maximum atomic E-state index is 13.3. The van der Waals surface area contributed by atoms with Crippen LogP contribution in [-0.2, 0) is 9.59 Å². The molecule has 2 aliphatic rings. The Kier molecular flexibility index (Phi) is 6.28. The molecule has 0 aliphatic carbocycles. The van der Waals surface area contributed by atoms with E-state index in [1.54, 1.807) is 6.07 Å². The minimum Gasteiger partial charge on any atom is -0.354 e. The number of rotatable bonds is 6. The van der Waals surface area contributed by atoms with Crippen LogP contribution >= 0.6 is 0 Å². The first kappa shape index (κ1) is 20.3.